The van der Waals surface area contributed by atoms with Crippen LogP contribution in [0.15, 0.2) is 30.5 Å². The van der Waals surface area contributed by atoms with E-state index in [-0.39, 0.29) is 53.4 Å². The van der Waals surface area contributed by atoms with E-state index < -0.39 is 40.8 Å². The third-order valence-electron chi connectivity index (χ3n) is 5.81. The molecule has 0 fully saturated rings. The summed E-state index contributed by atoms with van der Waals surface area (Å²) in [5.74, 6) is -7.88. The number of pyridine rings is 1. The second-order valence-electron chi connectivity index (χ2n) is 9.83. The molecule has 1 heterocycles. The van der Waals surface area contributed by atoms with Gasteiger partial charge in [-0.1, -0.05) is 33.8 Å². The Balaban J connectivity index is 2.40. The number of rotatable bonds is 7. The summed E-state index contributed by atoms with van der Waals surface area (Å²) in [6, 6.07) is 3.18. The molecule has 1 aromatic carbocycles. The lowest BCUT2D eigenvalue weighted by Crippen LogP contribution is -2.59. The Morgan fingerprint density at radius 2 is 1.49 bits per heavy atom. The average molecular weight is 571 g/mol. The van der Waals surface area contributed by atoms with E-state index in [0.29, 0.717) is 5.69 Å². The highest BCUT2D eigenvalue weighted by Gasteiger charge is 2.81. The smallest absolute Gasteiger partial charge is 0.350 e. The van der Waals surface area contributed by atoms with Gasteiger partial charge in [0.05, 0.1) is 17.8 Å². The first-order valence-electron chi connectivity index (χ1n) is 11.5. The molecule has 5 nitrogen and oxygen atoms in total. The van der Waals surface area contributed by atoms with E-state index in [0.717, 1.165) is 13.1 Å². The number of alkyl halides is 9. The van der Waals surface area contributed by atoms with Crippen LogP contribution in [0, 0.1) is 12.3 Å². The fourth-order valence-corrected chi connectivity index (χ4v) is 3.52. The van der Waals surface area contributed by atoms with Gasteiger partial charge in [0.25, 0.3) is 5.91 Å². The standard InChI is InChI=1S/C25H26F9N3O2/c1-6-14-10-16(22(26,24(29,30)31)23(27,28)25(32,33)34)9-13(2)18(14)37-19(38)15-7-8-17(35-11-15)12-36-20(39)21(3,4)5/h7-11H,6,12H2,1-5H3,(H,36,39)(H,37,38). The third kappa shape index (κ3) is 6.30. The fraction of sp³-hybridized carbons (Fsp3) is 0.480. The van der Waals surface area contributed by atoms with Gasteiger partial charge in [-0.15, -0.1) is 0 Å². The van der Waals surface area contributed by atoms with Gasteiger partial charge in [0.1, 0.15) is 0 Å². The molecular formula is C25H26F9N3O2. The average Bonchev–Trinajstić information content (AvgIpc) is 2.80. The number of halogens is 9. The van der Waals surface area contributed by atoms with Crippen LogP contribution >= 0.6 is 0 Å². The van der Waals surface area contributed by atoms with Crippen LogP contribution in [0.4, 0.5) is 45.2 Å². The lowest BCUT2D eigenvalue weighted by molar-refractivity contribution is -0.389. The van der Waals surface area contributed by atoms with E-state index in [4.69, 9.17) is 0 Å². The number of hydrogen-bond donors (Lipinski definition) is 2. The largest absolute Gasteiger partial charge is 0.457 e. The molecule has 0 saturated carbocycles. The minimum Gasteiger partial charge on any atom is -0.350 e. The Hall–Kier alpha value is -3.32. The zero-order valence-electron chi connectivity index (χ0n) is 21.5. The van der Waals surface area contributed by atoms with Crippen molar-refractivity contribution in [3.63, 3.8) is 0 Å². The summed E-state index contributed by atoms with van der Waals surface area (Å²) >= 11 is 0. The van der Waals surface area contributed by atoms with Crippen molar-refractivity contribution in [3.8, 4) is 0 Å². The molecule has 0 aliphatic rings. The highest BCUT2D eigenvalue weighted by atomic mass is 19.4. The number of hydrogen-bond acceptors (Lipinski definition) is 3. The van der Waals surface area contributed by atoms with Gasteiger partial charge in [-0.05, 0) is 42.7 Å². The summed E-state index contributed by atoms with van der Waals surface area (Å²) < 4.78 is 122. The molecule has 1 unspecified atom stereocenters. The first-order chi connectivity index (χ1) is 17.6. The Bertz CT molecular complexity index is 1220. The highest BCUT2D eigenvalue weighted by Crippen LogP contribution is 2.58. The zero-order chi connectivity index (χ0) is 30.2. The van der Waals surface area contributed by atoms with Crippen LogP contribution in [-0.4, -0.2) is 35.1 Å². The van der Waals surface area contributed by atoms with Crippen molar-refractivity contribution in [1.82, 2.24) is 10.3 Å². The first kappa shape index (κ1) is 31.9. The SMILES string of the molecule is CCc1cc(C(F)(C(F)(F)F)C(F)(F)C(F)(F)F)cc(C)c1NC(=O)c1ccc(CNC(=O)C(C)(C)C)nc1. The highest BCUT2D eigenvalue weighted by molar-refractivity contribution is 6.05. The molecule has 2 aromatic rings. The number of amides is 2. The van der Waals surface area contributed by atoms with E-state index in [1.807, 2.05) is 0 Å². The van der Waals surface area contributed by atoms with Gasteiger partial charge in [0.2, 0.25) is 5.91 Å². The lowest BCUT2D eigenvalue weighted by atomic mass is 9.85. The molecule has 0 spiro atoms. The predicted molar refractivity (Wildman–Crippen MR) is 124 cm³/mol. The van der Waals surface area contributed by atoms with Crippen molar-refractivity contribution in [2.45, 2.75) is 71.5 Å². The maximum atomic E-state index is 15.0. The molecule has 216 valence electrons. The number of nitrogens with zero attached hydrogens (tertiary/aromatic N) is 1. The minimum absolute atomic E-state index is 0.0369. The fourth-order valence-electron chi connectivity index (χ4n) is 3.52. The van der Waals surface area contributed by atoms with Crippen LogP contribution in [0.1, 0.15) is 60.4 Å². The first-order valence-corrected chi connectivity index (χ1v) is 11.5. The van der Waals surface area contributed by atoms with Crippen LogP contribution in [-0.2, 0) is 23.4 Å². The van der Waals surface area contributed by atoms with Crippen molar-refractivity contribution in [2.75, 3.05) is 5.32 Å². The molecule has 1 aromatic heterocycles. The lowest BCUT2D eigenvalue weighted by Gasteiger charge is -2.36. The molecule has 0 saturated heterocycles. The Labute approximate surface area is 218 Å². The van der Waals surface area contributed by atoms with Gasteiger partial charge in [0.15, 0.2) is 0 Å². The van der Waals surface area contributed by atoms with E-state index in [1.54, 1.807) is 20.8 Å². The van der Waals surface area contributed by atoms with Crippen LogP contribution in [0.3, 0.4) is 0 Å². The third-order valence-corrected chi connectivity index (χ3v) is 5.81. The quantitative estimate of drug-likeness (QED) is 0.360. The van der Waals surface area contributed by atoms with Gasteiger partial charge in [-0.3, -0.25) is 14.6 Å². The van der Waals surface area contributed by atoms with Crippen LogP contribution < -0.4 is 10.6 Å². The van der Waals surface area contributed by atoms with Crippen molar-refractivity contribution in [1.29, 1.82) is 0 Å². The monoisotopic (exact) mass is 571 g/mol. The number of carbonyl (C=O) groups is 2. The predicted octanol–water partition coefficient (Wildman–Crippen LogP) is 6.79. The molecule has 2 N–H and O–H groups in total. The van der Waals surface area contributed by atoms with Gasteiger partial charge in [0, 0.05) is 22.9 Å². The summed E-state index contributed by atoms with van der Waals surface area (Å²) in [6.07, 6.45) is -12.6. The molecule has 0 bridgehead atoms. The summed E-state index contributed by atoms with van der Waals surface area (Å²) in [5.41, 5.74) is -9.19. The summed E-state index contributed by atoms with van der Waals surface area (Å²) in [4.78, 5) is 28.7. The summed E-state index contributed by atoms with van der Waals surface area (Å²) in [7, 11) is 0. The van der Waals surface area contributed by atoms with E-state index in [9.17, 15) is 49.1 Å². The molecule has 1 atom stereocenters. The normalized spacial score (nSPS) is 14.5. The van der Waals surface area contributed by atoms with E-state index >= 15 is 0 Å². The van der Waals surface area contributed by atoms with Crippen molar-refractivity contribution < 1.29 is 49.1 Å². The summed E-state index contributed by atoms with van der Waals surface area (Å²) in [5, 5.41) is 5.02. The van der Waals surface area contributed by atoms with Gasteiger partial charge >= 0.3 is 23.9 Å². The Morgan fingerprint density at radius 1 is 0.897 bits per heavy atom. The van der Waals surface area contributed by atoms with E-state index in [1.165, 1.54) is 19.1 Å². The molecule has 0 aliphatic carbocycles. The van der Waals surface area contributed by atoms with Crippen LogP contribution in [0.2, 0.25) is 0 Å². The topological polar surface area (TPSA) is 71.1 Å². The van der Waals surface area contributed by atoms with Crippen molar-refractivity contribution in [2.24, 2.45) is 5.41 Å². The van der Waals surface area contributed by atoms with Crippen molar-refractivity contribution >= 4 is 17.5 Å². The number of aryl methyl sites for hydroxylation is 2. The molecule has 2 rings (SSSR count). The van der Waals surface area contributed by atoms with Gasteiger partial charge in [-0.25, -0.2) is 4.39 Å². The molecule has 14 heteroatoms. The molecular weight excluding hydrogens is 545 g/mol. The molecule has 0 radical (unpaired) electrons. The maximum Gasteiger partial charge on any atom is 0.457 e. The van der Waals surface area contributed by atoms with Crippen molar-refractivity contribution in [3.05, 3.63) is 58.4 Å². The number of carbonyl (C=O) groups excluding carboxylic acids is 2. The number of anilines is 1. The summed E-state index contributed by atoms with van der Waals surface area (Å²) in [6.45, 7) is 7.54. The second-order valence-corrected chi connectivity index (χ2v) is 9.83. The van der Waals surface area contributed by atoms with Crippen LogP contribution in [0.25, 0.3) is 0 Å². The van der Waals surface area contributed by atoms with Gasteiger partial charge < -0.3 is 10.6 Å². The number of nitrogens with one attached hydrogen (secondary N) is 2. The number of benzene rings is 1. The zero-order valence-corrected chi connectivity index (χ0v) is 21.5. The molecule has 0 aliphatic heterocycles. The number of aromatic nitrogens is 1. The Kier molecular flexibility index (Phi) is 8.74. The van der Waals surface area contributed by atoms with Crippen LogP contribution in [0.5, 0.6) is 0 Å². The molecule has 39 heavy (non-hydrogen) atoms. The minimum atomic E-state index is -6.85. The Morgan fingerprint density at radius 3 is 1.92 bits per heavy atom. The maximum absolute atomic E-state index is 15.0. The second kappa shape index (κ2) is 10.7. The van der Waals surface area contributed by atoms with E-state index in [2.05, 4.69) is 15.6 Å². The molecule has 2 amide bonds. The van der Waals surface area contributed by atoms with Gasteiger partial charge in [-0.2, -0.15) is 35.1 Å².